The van der Waals surface area contributed by atoms with E-state index in [2.05, 4.69) is 10.2 Å². The molecule has 0 spiro atoms. The molecule has 4 rings (SSSR count). The summed E-state index contributed by atoms with van der Waals surface area (Å²) in [6.45, 7) is 1.69. The second kappa shape index (κ2) is 14.1. The lowest BCUT2D eigenvalue weighted by atomic mass is 9.80. The van der Waals surface area contributed by atoms with E-state index >= 15 is 0 Å². The number of hydrogen-bond donors (Lipinski definition) is 3. The molecule has 1 fully saturated rings. The molecule has 0 radical (unpaired) electrons. The number of ether oxygens (including phenoxy) is 2. The van der Waals surface area contributed by atoms with E-state index in [-0.39, 0.29) is 18.5 Å². The van der Waals surface area contributed by atoms with Crippen molar-refractivity contribution >= 4 is 23.5 Å². The van der Waals surface area contributed by atoms with Gasteiger partial charge in [-0.3, -0.25) is 4.79 Å². The molecule has 0 saturated heterocycles. The van der Waals surface area contributed by atoms with Crippen LogP contribution in [0, 0.1) is 0 Å². The first-order valence-corrected chi connectivity index (χ1v) is 14.5. The third kappa shape index (κ3) is 7.28. The zero-order valence-electron chi connectivity index (χ0n) is 24.4. The second-order valence-electron chi connectivity index (χ2n) is 10.9. The zero-order valence-corrected chi connectivity index (χ0v) is 25.1. The van der Waals surface area contributed by atoms with Crippen LogP contribution in [0.3, 0.4) is 0 Å². The topological polar surface area (TPSA) is 127 Å². The molecule has 2 aromatic carbocycles. The van der Waals surface area contributed by atoms with Crippen LogP contribution < -0.4 is 15.8 Å². The van der Waals surface area contributed by atoms with Gasteiger partial charge in [-0.1, -0.05) is 41.9 Å². The summed E-state index contributed by atoms with van der Waals surface area (Å²) in [5.74, 6) is -0.524. The van der Waals surface area contributed by atoms with Gasteiger partial charge in [-0.2, -0.15) is 0 Å². The average molecular weight is 595 g/mol. The maximum absolute atomic E-state index is 13.6. The van der Waals surface area contributed by atoms with Crippen molar-refractivity contribution in [2.75, 3.05) is 34.4 Å². The van der Waals surface area contributed by atoms with Crippen LogP contribution in [0.25, 0.3) is 22.4 Å². The van der Waals surface area contributed by atoms with Gasteiger partial charge in [0.2, 0.25) is 0 Å². The van der Waals surface area contributed by atoms with Crippen molar-refractivity contribution in [1.82, 2.24) is 15.2 Å². The number of aliphatic hydroxyl groups is 1. The first kappa shape index (κ1) is 31.4. The third-order valence-electron chi connectivity index (χ3n) is 7.60. The smallest absolute Gasteiger partial charge is 0.331 e. The summed E-state index contributed by atoms with van der Waals surface area (Å²) < 4.78 is 11.1. The van der Waals surface area contributed by atoms with Crippen molar-refractivity contribution < 1.29 is 24.2 Å². The minimum Gasteiger partial charge on any atom is -0.492 e. The summed E-state index contributed by atoms with van der Waals surface area (Å²) in [4.78, 5) is 33.3. The van der Waals surface area contributed by atoms with Gasteiger partial charge in [0.05, 0.1) is 30.5 Å². The number of benzene rings is 2. The molecule has 1 saturated carbocycles. The molecule has 1 aromatic heterocycles. The number of pyridine rings is 1. The van der Waals surface area contributed by atoms with Crippen LogP contribution in [0.15, 0.2) is 54.6 Å². The summed E-state index contributed by atoms with van der Waals surface area (Å²) >= 11 is 6.49. The normalized spacial score (nSPS) is 18.5. The lowest BCUT2D eigenvalue weighted by Gasteiger charge is -2.36. The summed E-state index contributed by atoms with van der Waals surface area (Å²) in [6.07, 6.45) is 1.61. The molecule has 1 amide bonds. The van der Waals surface area contributed by atoms with Gasteiger partial charge in [0.15, 0.2) is 0 Å². The molecule has 10 heteroatoms. The molecule has 3 aromatic rings. The van der Waals surface area contributed by atoms with Crippen molar-refractivity contribution in [2.45, 2.75) is 50.3 Å². The standard InChI is InChI=1S/C32H39ClN4O5/c1-37(2)17-6-18-42-28-19-21(9-11-26(28)33)29-25(24-8-5-4-7-22(24)20-34)10-12-27(35-29)30(39)36-32(31(40)41-3)15-13-23(38)14-16-32/h4-5,7-12,19,23,38H,6,13-18,20,34H2,1-3H3,(H,36,39). The van der Waals surface area contributed by atoms with Crippen LogP contribution in [0.2, 0.25) is 5.02 Å². The molecule has 0 aliphatic heterocycles. The number of carbonyl (C=O) groups is 2. The lowest BCUT2D eigenvalue weighted by Crippen LogP contribution is -2.57. The Labute approximate surface area is 252 Å². The Kier molecular flexibility index (Phi) is 10.6. The van der Waals surface area contributed by atoms with E-state index in [4.69, 9.17) is 31.8 Å². The van der Waals surface area contributed by atoms with Crippen molar-refractivity contribution in [2.24, 2.45) is 5.73 Å². The van der Waals surface area contributed by atoms with Crippen LogP contribution >= 0.6 is 11.6 Å². The van der Waals surface area contributed by atoms with Gasteiger partial charge in [0, 0.05) is 24.2 Å². The number of methoxy groups -OCH3 is 1. The highest BCUT2D eigenvalue weighted by Gasteiger charge is 2.44. The van der Waals surface area contributed by atoms with Crippen LogP contribution in [0.5, 0.6) is 5.75 Å². The molecule has 1 aliphatic rings. The predicted molar refractivity (Wildman–Crippen MR) is 163 cm³/mol. The number of aromatic nitrogens is 1. The van der Waals surface area contributed by atoms with Crippen molar-refractivity contribution in [3.8, 4) is 28.1 Å². The quantitative estimate of drug-likeness (QED) is 0.220. The van der Waals surface area contributed by atoms with Gasteiger partial charge in [0.25, 0.3) is 5.91 Å². The van der Waals surface area contributed by atoms with Gasteiger partial charge in [-0.05, 0) is 81.6 Å². The number of halogens is 1. The van der Waals surface area contributed by atoms with Crippen LogP contribution in [-0.4, -0.2) is 72.9 Å². The molecule has 1 aliphatic carbocycles. The van der Waals surface area contributed by atoms with Crippen molar-refractivity contribution in [1.29, 1.82) is 0 Å². The van der Waals surface area contributed by atoms with E-state index in [9.17, 15) is 14.7 Å². The van der Waals surface area contributed by atoms with Gasteiger partial charge in [-0.15, -0.1) is 0 Å². The Morgan fingerprint density at radius 2 is 1.86 bits per heavy atom. The van der Waals surface area contributed by atoms with E-state index in [1.54, 1.807) is 12.1 Å². The fourth-order valence-electron chi connectivity index (χ4n) is 5.26. The lowest BCUT2D eigenvalue weighted by molar-refractivity contribution is -0.150. The van der Waals surface area contributed by atoms with Crippen molar-refractivity contribution in [3.05, 3.63) is 70.9 Å². The van der Waals surface area contributed by atoms with E-state index in [1.165, 1.54) is 7.11 Å². The van der Waals surface area contributed by atoms with Crippen LogP contribution in [-0.2, 0) is 16.1 Å². The number of nitrogens with zero attached hydrogens (tertiary/aromatic N) is 2. The fourth-order valence-corrected chi connectivity index (χ4v) is 5.43. The van der Waals surface area contributed by atoms with Gasteiger partial charge in [-0.25, -0.2) is 9.78 Å². The Morgan fingerprint density at radius 3 is 2.55 bits per heavy atom. The van der Waals surface area contributed by atoms with E-state index in [0.717, 1.165) is 29.7 Å². The SMILES string of the molecule is COC(=O)C1(NC(=O)c2ccc(-c3ccccc3CN)c(-c3ccc(Cl)c(OCCCN(C)C)c3)n2)CCC(O)CC1. The van der Waals surface area contributed by atoms with Gasteiger partial charge >= 0.3 is 5.97 Å². The number of hydrogen-bond acceptors (Lipinski definition) is 8. The predicted octanol–water partition coefficient (Wildman–Crippen LogP) is 4.43. The highest BCUT2D eigenvalue weighted by Crippen LogP contribution is 2.37. The largest absolute Gasteiger partial charge is 0.492 e. The maximum atomic E-state index is 13.6. The summed E-state index contributed by atoms with van der Waals surface area (Å²) in [6, 6.07) is 16.7. The molecule has 4 N–H and O–H groups in total. The van der Waals surface area contributed by atoms with Crippen LogP contribution in [0.1, 0.15) is 48.2 Å². The second-order valence-corrected chi connectivity index (χ2v) is 11.3. The molecule has 0 unspecified atom stereocenters. The first-order chi connectivity index (χ1) is 20.2. The van der Waals surface area contributed by atoms with Gasteiger partial charge in [0.1, 0.15) is 17.0 Å². The molecule has 0 bridgehead atoms. The fraction of sp³-hybridized carbons (Fsp3) is 0.406. The number of carbonyl (C=O) groups excluding carboxylic acids is 2. The van der Waals surface area contributed by atoms with Gasteiger partial charge < -0.3 is 30.5 Å². The summed E-state index contributed by atoms with van der Waals surface area (Å²) in [7, 11) is 5.31. The highest BCUT2D eigenvalue weighted by molar-refractivity contribution is 6.32. The number of esters is 1. The van der Waals surface area contributed by atoms with E-state index in [1.807, 2.05) is 56.6 Å². The Hall–Kier alpha value is -3.50. The molecule has 42 heavy (non-hydrogen) atoms. The van der Waals surface area contributed by atoms with E-state index < -0.39 is 23.5 Å². The first-order valence-electron chi connectivity index (χ1n) is 14.1. The Balaban J connectivity index is 1.74. The summed E-state index contributed by atoms with van der Waals surface area (Å²) in [5.41, 5.74) is 8.84. The molecule has 224 valence electrons. The Bertz CT molecular complexity index is 1410. The number of nitrogens with one attached hydrogen (secondary N) is 1. The molecule has 1 heterocycles. The third-order valence-corrected chi connectivity index (χ3v) is 7.92. The maximum Gasteiger partial charge on any atom is 0.331 e. The molecule has 9 nitrogen and oxygen atoms in total. The minimum atomic E-state index is -1.23. The number of rotatable bonds is 11. The summed E-state index contributed by atoms with van der Waals surface area (Å²) in [5, 5.41) is 13.4. The number of aliphatic hydroxyl groups excluding tert-OH is 1. The molecule has 0 atom stereocenters. The average Bonchev–Trinajstić information content (AvgIpc) is 3.00. The van der Waals surface area contributed by atoms with E-state index in [0.29, 0.717) is 48.0 Å². The van der Waals surface area contributed by atoms with Crippen LogP contribution in [0.4, 0.5) is 0 Å². The molecular weight excluding hydrogens is 556 g/mol. The molecular formula is C32H39ClN4O5. The Morgan fingerprint density at radius 1 is 1.12 bits per heavy atom. The number of amides is 1. The van der Waals surface area contributed by atoms with Crippen molar-refractivity contribution in [3.63, 3.8) is 0 Å². The minimum absolute atomic E-state index is 0.136. The number of nitrogens with two attached hydrogens (primary N) is 1. The zero-order chi connectivity index (χ0) is 30.3. The monoisotopic (exact) mass is 594 g/mol. The highest BCUT2D eigenvalue weighted by atomic mass is 35.5.